The number of rotatable bonds is 8. The summed E-state index contributed by atoms with van der Waals surface area (Å²) in [6.45, 7) is 5.31. The van der Waals surface area contributed by atoms with E-state index in [9.17, 15) is 8.42 Å². The number of nitrogens with one attached hydrogen (secondary N) is 3. The predicted octanol–water partition coefficient (Wildman–Crippen LogP) is 2.49. The zero-order valence-electron chi connectivity index (χ0n) is 15.9. The number of sulfonamides is 1. The molecule has 0 radical (unpaired) electrons. The Hall–Kier alpha value is -2.19. The van der Waals surface area contributed by atoms with Gasteiger partial charge >= 0.3 is 0 Å². The van der Waals surface area contributed by atoms with Gasteiger partial charge in [-0.3, -0.25) is 0 Å². The summed E-state index contributed by atoms with van der Waals surface area (Å²) >= 11 is 0. The van der Waals surface area contributed by atoms with Gasteiger partial charge in [0.15, 0.2) is 0 Å². The van der Waals surface area contributed by atoms with Crippen molar-refractivity contribution in [2.24, 2.45) is 0 Å². The van der Waals surface area contributed by atoms with Crippen LogP contribution in [0.1, 0.15) is 36.7 Å². The molecule has 0 unspecified atom stereocenters. The van der Waals surface area contributed by atoms with Gasteiger partial charge in [-0.25, -0.2) is 23.1 Å². The van der Waals surface area contributed by atoms with Crippen molar-refractivity contribution in [3.8, 4) is 0 Å². The summed E-state index contributed by atoms with van der Waals surface area (Å²) in [4.78, 5) is 8.95. The van der Waals surface area contributed by atoms with Crippen LogP contribution in [0.3, 0.4) is 0 Å². The van der Waals surface area contributed by atoms with E-state index in [0.717, 1.165) is 37.2 Å². The molecular formula is C19H27N5O2S. The van der Waals surface area contributed by atoms with Gasteiger partial charge in [-0.05, 0) is 62.8 Å². The quantitative estimate of drug-likeness (QED) is 0.600. The Bertz CT molecular complexity index is 899. The normalized spacial score (nSPS) is 13.9. The number of aryl methyl sites for hydroxylation is 3. The summed E-state index contributed by atoms with van der Waals surface area (Å²) in [5.41, 5.74) is 2.44. The number of benzene rings is 1. The van der Waals surface area contributed by atoms with Crippen LogP contribution in [0.4, 0.5) is 11.6 Å². The SMILES string of the molecule is CCNc1cc(NCCNS(=O)(=O)c2ccc3c(c2)CCCC3)nc(C)n1. The Morgan fingerprint density at radius 2 is 1.67 bits per heavy atom. The van der Waals surface area contributed by atoms with Crippen LogP contribution in [0, 0.1) is 6.92 Å². The summed E-state index contributed by atoms with van der Waals surface area (Å²) in [6.07, 6.45) is 4.31. The molecule has 0 atom stereocenters. The van der Waals surface area contributed by atoms with Crippen molar-refractivity contribution in [3.05, 3.63) is 41.2 Å². The summed E-state index contributed by atoms with van der Waals surface area (Å²) in [5.74, 6) is 2.08. The fraction of sp³-hybridized carbons (Fsp3) is 0.474. The second-order valence-corrected chi connectivity index (χ2v) is 8.45. The minimum atomic E-state index is -3.51. The molecule has 0 saturated carbocycles. The highest BCUT2D eigenvalue weighted by Gasteiger charge is 2.17. The lowest BCUT2D eigenvalue weighted by atomic mass is 9.92. The fourth-order valence-electron chi connectivity index (χ4n) is 3.27. The maximum atomic E-state index is 12.5. The van der Waals surface area contributed by atoms with E-state index < -0.39 is 10.0 Å². The van der Waals surface area contributed by atoms with Crippen molar-refractivity contribution in [1.82, 2.24) is 14.7 Å². The van der Waals surface area contributed by atoms with E-state index in [0.29, 0.717) is 23.1 Å². The van der Waals surface area contributed by atoms with E-state index in [2.05, 4.69) is 25.3 Å². The van der Waals surface area contributed by atoms with E-state index in [-0.39, 0.29) is 6.54 Å². The van der Waals surface area contributed by atoms with Crippen LogP contribution in [0.25, 0.3) is 0 Å². The van der Waals surface area contributed by atoms with Crippen LogP contribution in [-0.2, 0) is 22.9 Å². The first kappa shape index (κ1) is 19.6. The van der Waals surface area contributed by atoms with Crippen LogP contribution in [0.15, 0.2) is 29.2 Å². The van der Waals surface area contributed by atoms with Crippen LogP contribution in [0.5, 0.6) is 0 Å². The summed E-state index contributed by atoms with van der Waals surface area (Å²) < 4.78 is 27.8. The molecule has 146 valence electrons. The van der Waals surface area contributed by atoms with Crippen molar-refractivity contribution in [2.75, 3.05) is 30.3 Å². The minimum absolute atomic E-state index is 0.277. The van der Waals surface area contributed by atoms with Crippen molar-refractivity contribution in [2.45, 2.75) is 44.4 Å². The number of anilines is 2. The molecule has 0 fully saturated rings. The molecule has 3 rings (SSSR count). The van der Waals surface area contributed by atoms with Crippen LogP contribution >= 0.6 is 0 Å². The van der Waals surface area contributed by atoms with Gasteiger partial charge < -0.3 is 10.6 Å². The zero-order chi connectivity index (χ0) is 19.3. The van der Waals surface area contributed by atoms with Crippen LogP contribution < -0.4 is 15.4 Å². The van der Waals surface area contributed by atoms with Crippen molar-refractivity contribution in [3.63, 3.8) is 0 Å². The molecule has 0 amide bonds. The number of nitrogens with zero attached hydrogens (tertiary/aromatic N) is 2. The molecule has 1 aromatic heterocycles. The average Bonchev–Trinajstić information content (AvgIpc) is 2.65. The maximum absolute atomic E-state index is 12.5. The van der Waals surface area contributed by atoms with Gasteiger partial charge in [0.1, 0.15) is 17.5 Å². The topological polar surface area (TPSA) is 96.0 Å². The molecule has 2 aromatic rings. The first-order valence-electron chi connectivity index (χ1n) is 9.43. The molecule has 7 nitrogen and oxygen atoms in total. The second kappa shape index (κ2) is 8.67. The zero-order valence-corrected chi connectivity index (χ0v) is 16.7. The van der Waals surface area contributed by atoms with Gasteiger partial charge in [-0.1, -0.05) is 6.07 Å². The number of fused-ring (bicyclic) bond motifs is 1. The lowest BCUT2D eigenvalue weighted by Gasteiger charge is -2.17. The largest absolute Gasteiger partial charge is 0.370 e. The smallest absolute Gasteiger partial charge is 0.240 e. The third kappa shape index (κ3) is 5.17. The number of hydrogen-bond acceptors (Lipinski definition) is 6. The monoisotopic (exact) mass is 389 g/mol. The van der Waals surface area contributed by atoms with E-state index >= 15 is 0 Å². The Balaban J connectivity index is 1.57. The molecule has 0 bridgehead atoms. The highest BCUT2D eigenvalue weighted by molar-refractivity contribution is 7.89. The number of aromatic nitrogens is 2. The van der Waals surface area contributed by atoms with Gasteiger partial charge in [0, 0.05) is 25.7 Å². The van der Waals surface area contributed by atoms with E-state index in [1.54, 1.807) is 6.07 Å². The highest BCUT2D eigenvalue weighted by atomic mass is 32.2. The Kier molecular flexibility index (Phi) is 6.28. The van der Waals surface area contributed by atoms with Crippen molar-refractivity contribution < 1.29 is 8.42 Å². The molecule has 1 aromatic carbocycles. The Morgan fingerprint density at radius 1 is 0.963 bits per heavy atom. The van der Waals surface area contributed by atoms with Gasteiger partial charge in [0.05, 0.1) is 4.90 Å². The first-order valence-corrected chi connectivity index (χ1v) is 10.9. The predicted molar refractivity (Wildman–Crippen MR) is 108 cm³/mol. The molecule has 1 heterocycles. The first-order chi connectivity index (χ1) is 13.0. The van der Waals surface area contributed by atoms with Crippen LogP contribution in [-0.4, -0.2) is 38.0 Å². The summed E-state index contributed by atoms with van der Waals surface area (Å²) in [6, 6.07) is 7.29. The fourth-order valence-corrected chi connectivity index (χ4v) is 4.35. The summed E-state index contributed by atoms with van der Waals surface area (Å²) in [5, 5.41) is 6.29. The molecule has 1 aliphatic rings. The molecule has 0 aliphatic heterocycles. The molecule has 8 heteroatoms. The average molecular weight is 390 g/mol. The van der Waals surface area contributed by atoms with Crippen LogP contribution in [0.2, 0.25) is 0 Å². The lowest BCUT2D eigenvalue weighted by Crippen LogP contribution is -2.29. The second-order valence-electron chi connectivity index (χ2n) is 6.68. The molecule has 3 N–H and O–H groups in total. The van der Waals surface area contributed by atoms with Crippen molar-refractivity contribution >= 4 is 21.7 Å². The molecule has 27 heavy (non-hydrogen) atoms. The molecule has 0 saturated heterocycles. The third-order valence-electron chi connectivity index (χ3n) is 4.55. The Morgan fingerprint density at radius 3 is 2.41 bits per heavy atom. The number of hydrogen-bond donors (Lipinski definition) is 3. The van der Waals surface area contributed by atoms with Gasteiger partial charge in [0.25, 0.3) is 0 Å². The van der Waals surface area contributed by atoms with Gasteiger partial charge in [0.2, 0.25) is 10.0 Å². The maximum Gasteiger partial charge on any atom is 0.240 e. The van der Waals surface area contributed by atoms with E-state index in [1.165, 1.54) is 12.0 Å². The molecule has 1 aliphatic carbocycles. The molecule has 0 spiro atoms. The van der Waals surface area contributed by atoms with Gasteiger partial charge in [-0.15, -0.1) is 0 Å². The van der Waals surface area contributed by atoms with E-state index in [4.69, 9.17) is 0 Å². The standard InChI is InChI=1S/C19H27N5O2S/c1-3-20-18-13-19(24-14(2)23-18)21-10-11-22-27(25,26)17-9-8-15-6-4-5-7-16(15)12-17/h8-9,12-13,22H,3-7,10-11H2,1-2H3,(H2,20,21,23,24). The lowest BCUT2D eigenvalue weighted by molar-refractivity contribution is 0.582. The highest BCUT2D eigenvalue weighted by Crippen LogP contribution is 2.24. The van der Waals surface area contributed by atoms with E-state index in [1.807, 2.05) is 32.0 Å². The minimum Gasteiger partial charge on any atom is -0.370 e. The summed E-state index contributed by atoms with van der Waals surface area (Å²) in [7, 11) is -3.51. The third-order valence-corrected chi connectivity index (χ3v) is 6.01. The van der Waals surface area contributed by atoms with Crippen molar-refractivity contribution in [1.29, 1.82) is 0 Å². The van der Waals surface area contributed by atoms with Gasteiger partial charge in [-0.2, -0.15) is 0 Å². The Labute approximate surface area is 161 Å². The molecular weight excluding hydrogens is 362 g/mol.